The lowest BCUT2D eigenvalue weighted by molar-refractivity contribution is 0.00831. The molecule has 1 rings (SSSR count). The predicted octanol–water partition coefficient (Wildman–Crippen LogP) is 4.74. The van der Waals surface area contributed by atoms with E-state index in [-0.39, 0.29) is 6.10 Å². The summed E-state index contributed by atoms with van der Waals surface area (Å²) >= 11 is 11.3. The summed E-state index contributed by atoms with van der Waals surface area (Å²) in [4.78, 5) is 0. The Hall–Kier alpha value is 0.120. The van der Waals surface area contributed by atoms with Gasteiger partial charge in [0.1, 0.15) is 6.10 Å². The van der Waals surface area contributed by atoms with E-state index in [4.69, 9.17) is 27.9 Å². The zero-order valence-electron chi connectivity index (χ0n) is 9.67. The van der Waals surface area contributed by atoms with Gasteiger partial charge in [-0.15, -0.1) is 0 Å². The largest absolute Gasteiger partial charge is 0.479 e. The van der Waals surface area contributed by atoms with Crippen LogP contribution in [0.25, 0.3) is 0 Å². The molecular weight excluding hydrogens is 231 g/mol. The van der Waals surface area contributed by atoms with Gasteiger partial charge in [-0.3, -0.25) is 0 Å². The fourth-order valence-corrected chi connectivity index (χ4v) is 2.59. The Bertz CT molecular complexity index is 226. The molecule has 0 spiro atoms. The number of halogens is 2. The first-order valence-electron chi connectivity index (χ1n) is 5.67. The molecule has 1 saturated carbocycles. The van der Waals surface area contributed by atoms with Gasteiger partial charge in [0, 0.05) is 0 Å². The average molecular weight is 251 g/mol. The second-order valence-corrected chi connectivity index (χ2v) is 5.49. The summed E-state index contributed by atoms with van der Waals surface area (Å²) in [6.45, 7) is 6.76. The number of rotatable bonds is 3. The molecule has 0 bridgehead atoms. The lowest BCUT2D eigenvalue weighted by Gasteiger charge is -2.36. The van der Waals surface area contributed by atoms with Crippen LogP contribution in [0.15, 0.2) is 10.8 Å². The van der Waals surface area contributed by atoms with E-state index in [0.29, 0.717) is 17.1 Å². The molecule has 0 aromatic rings. The standard InChI is InChI=1S/C12H20Cl2O/c1-8(2)10-5-4-9(3)6-11(10)15-12(14)7-13/h7-11H,4-6H2,1-3H3/b12-7-/t9-,10+,11?/m0/s1. The third kappa shape index (κ3) is 3.88. The van der Waals surface area contributed by atoms with Crippen molar-refractivity contribution >= 4 is 23.2 Å². The maximum absolute atomic E-state index is 5.82. The van der Waals surface area contributed by atoms with Gasteiger partial charge in [0.25, 0.3) is 0 Å². The summed E-state index contributed by atoms with van der Waals surface area (Å²) in [6.07, 6.45) is 3.85. The monoisotopic (exact) mass is 250 g/mol. The lowest BCUT2D eigenvalue weighted by Crippen LogP contribution is -2.33. The highest BCUT2D eigenvalue weighted by Crippen LogP contribution is 2.36. The van der Waals surface area contributed by atoms with E-state index in [1.54, 1.807) is 0 Å². The average Bonchev–Trinajstić information content (AvgIpc) is 2.17. The van der Waals surface area contributed by atoms with E-state index in [0.717, 1.165) is 12.3 Å². The smallest absolute Gasteiger partial charge is 0.198 e. The Balaban J connectivity index is 2.62. The van der Waals surface area contributed by atoms with Crippen LogP contribution in [0.3, 0.4) is 0 Å². The van der Waals surface area contributed by atoms with Crippen LogP contribution in [0.2, 0.25) is 0 Å². The fourth-order valence-electron chi connectivity index (χ4n) is 2.42. The summed E-state index contributed by atoms with van der Waals surface area (Å²) in [6, 6.07) is 0. The minimum atomic E-state index is 0.233. The van der Waals surface area contributed by atoms with E-state index in [9.17, 15) is 0 Å². The molecule has 0 heterocycles. The minimum Gasteiger partial charge on any atom is -0.479 e. The van der Waals surface area contributed by atoms with E-state index in [1.807, 2.05) is 0 Å². The molecule has 0 aromatic carbocycles. The SMILES string of the molecule is CC(C)[C@H]1CC[C@H](C)CC1O/C(Cl)=C\Cl. The molecule has 88 valence electrons. The molecular formula is C12H20Cl2O. The molecule has 0 saturated heterocycles. The molecule has 1 unspecified atom stereocenters. The van der Waals surface area contributed by atoms with Gasteiger partial charge < -0.3 is 4.74 Å². The van der Waals surface area contributed by atoms with Crippen molar-refractivity contribution in [2.45, 2.75) is 46.1 Å². The highest BCUT2D eigenvalue weighted by Gasteiger charge is 2.32. The van der Waals surface area contributed by atoms with Crippen LogP contribution in [0.4, 0.5) is 0 Å². The molecule has 0 amide bonds. The molecule has 1 aliphatic carbocycles. The second-order valence-electron chi connectivity index (χ2n) is 4.90. The van der Waals surface area contributed by atoms with Gasteiger partial charge in [0.2, 0.25) is 0 Å². The van der Waals surface area contributed by atoms with E-state index in [2.05, 4.69) is 20.8 Å². The molecule has 0 aliphatic heterocycles. The minimum absolute atomic E-state index is 0.233. The molecule has 15 heavy (non-hydrogen) atoms. The second kappa shape index (κ2) is 6.00. The van der Waals surface area contributed by atoms with Crippen molar-refractivity contribution < 1.29 is 4.74 Å². The first kappa shape index (κ1) is 13.2. The van der Waals surface area contributed by atoms with Crippen LogP contribution in [-0.4, -0.2) is 6.10 Å². The van der Waals surface area contributed by atoms with Crippen LogP contribution in [0.1, 0.15) is 40.0 Å². The van der Waals surface area contributed by atoms with Gasteiger partial charge >= 0.3 is 0 Å². The Labute approximate surface area is 103 Å². The van der Waals surface area contributed by atoms with Gasteiger partial charge in [0.05, 0.1) is 5.54 Å². The highest BCUT2D eigenvalue weighted by atomic mass is 35.5. The van der Waals surface area contributed by atoms with E-state index in [1.165, 1.54) is 18.4 Å². The van der Waals surface area contributed by atoms with Crippen molar-refractivity contribution in [3.63, 3.8) is 0 Å². The third-order valence-electron chi connectivity index (χ3n) is 3.31. The summed E-state index contributed by atoms with van der Waals surface area (Å²) in [5.41, 5.74) is 1.30. The number of hydrogen-bond acceptors (Lipinski definition) is 1. The van der Waals surface area contributed by atoms with Crippen LogP contribution in [0, 0.1) is 17.8 Å². The Morgan fingerprint density at radius 3 is 2.60 bits per heavy atom. The molecule has 0 aromatic heterocycles. The molecule has 3 atom stereocenters. The summed E-state index contributed by atoms with van der Waals surface area (Å²) < 4.78 is 5.68. The van der Waals surface area contributed by atoms with Crippen molar-refractivity contribution in [3.05, 3.63) is 10.8 Å². The molecule has 0 N–H and O–H groups in total. The maximum atomic E-state index is 5.82. The Morgan fingerprint density at radius 1 is 1.40 bits per heavy atom. The highest BCUT2D eigenvalue weighted by molar-refractivity contribution is 6.35. The van der Waals surface area contributed by atoms with Crippen LogP contribution in [-0.2, 0) is 4.74 Å². The first-order valence-corrected chi connectivity index (χ1v) is 6.48. The lowest BCUT2D eigenvalue weighted by atomic mass is 9.75. The number of ether oxygens (including phenoxy) is 1. The molecule has 3 heteroatoms. The van der Waals surface area contributed by atoms with Gasteiger partial charge in [0.15, 0.2) is 5.22 Å². The third-order valence-corrected chi connectivity index (χ3v) is 3.82. The Morgan fingerprint density at radius 2 is 2.07 bits per heavy atom. The van der Waals surface area contributed by atoms with Gasteiger partial charge in [-0.05, 0) is 42.2 Å². The maximum Gasteiger partial charge on any atom is 0.198 e. The normalized spacial score (nSPS) is 33.2. The molecule has 1 aliphatic rings. The predicted molar refractivity (Wildman–Crippen MR) is 66.0 cm³/mol. The summed E-state index contributed by atoms with van der Waals surface area (Å²) in [7, 11) is 0. The topological polar surface area (TPSA) is 9.23 Å². The zero-order chi connectivity index (χ0) is 11.4. The quantitative estimate of drug-likeness (QED) is 0.658. The molecule has 1 fully saturated rings. The Kier molecular flexibility index (Phi) is 5.28. The fraction of sp³-hybridized carbons (Fsp3) is 0.833. The van der Waals surface area contributed by atoms with Crippen LogP contribution < -0.4 is 0 Å². The molecule has 1 nitrogen and oxygen atoms in total. The van der Waals surface area contributed by atoms with Gasteiger partial charge in [-0.1, -0.05) is 38.8 Å². The van der Waals surface area contributed by atoms with Crippen molar-refractivity contribution in [1.29, 1.82) is 0 Å². The zero-order valence-corrected chi connectivity index (χ0v) is 11.2. The number of hydrogen-bond donors (Lipinski definition) is 0. The summed E-state index contributed by atoms with van der Waals surface area (Å²) in [5, 5.41) is 0.321. The van der Waals surface area contributed by atoms with Crippen molar-refractivity contribution in [1.82, 2.24) is 0 Å². The van der Waals surface area contributed by atoms with Gasteiger partial charge in [-0.25, -0.2) is 0 Å². The van der Waals surface area contributed by atoms with E-state index < -0.39 is 0 Å². The van der Waals surface area contributed by atoms with Crippen LogP contribution in [0.5, 0.6) is 0 Å². The van der Waals surface area contributed by atoms with Gasteiger partial charge in [-0.2, -0.15) is 0 Å². The van der Waals surface area contributed by atoms with Crippen LogP contribution >= 0.6 is 23.2 Å². The van der Waals surface area contributed by atoms with Crippen molar-refractivity contribution in [2.24, 2.45) is 17.8 Å². The van der Waals surface area contributed by atoms with Crippen molar-refractivity contribution in [3.8, 4) is 0 Å². The summed E-state index contributed by atoms with van der Waals surface area (Å²) in [5.74, 6) is 1.97. The molecule has 0 radical (unpaired) electrons. The first-order chi connectivity index (χ1) is 7.04. The van der Waals surface area contributed by atoms with E-state index >= 15 is 0 Å². The van der Waals surface area contributed by atoms with Crippen molar-refractivity contribution in [2.75, 3.05) is 0 Å².